The number of pyridine rings is 1. The summed E-state index contributed by atoms with van der Waals surface area (Å²) in [4.78, 5) is 34.8. The van der Waals surface area contributed by atoms with Gasteiger partial charge in [-0.2, -0.15) is 0 Å². The van der Waals surface area contributed by atoms with E-state index in [9.17, 15) is 9.59 Å². The van der Waals surface area contributed by atoms with Crippen molar-refractivity contribution in [2.24, 2.45) is 0 Å². The van der Waals surface area contributed by atoms with Gasteiger partial charge in [0.25, 0.3) is 11.5 Å². The lowest BCUT2D eigenvalue weighted by molar-refractivity contribution is 0.0686. The van der Waals surface area contributed by atoms with Gasteiger partial charge in [-0.1, -0.05) is 12.1 Å². The van der Waals surface area contributed by atoms with Gasteiger partial charge in [-0.3, -0.25) is 9.59 Å². The van der Waals surface area contributed by atoms with Gasteiger partial charge in [0.1, 0.15) is 11.4 Å². The second kappa shape index (κ2) is 8.30. The van der Waals surface area contributed by atoms with Crippen LogP contribution in [-0.4, -0.2) is 44.6 Å². The monoisotopic (exact) mass is 431 g/mol. The summed E-state index contributed by atoms with van der Waals surface area (Å²) < 4.78 is 3.31. The first-order valence-electron chi connectivity index (χ1n) is 11.4. The van der Waals surface area contributed by atoms with Crippen LogP contribution < -0.4 is 10.5 Å². The maximum Gasteiger partial charge on any atom is 0.275 e. The Hall–Kier alpha value is -3.35. The first-order chi connectivity index (χ1) is 15.5. The second-order valence-corrected chi connectivity index (χ2v) is 8.88. The number of aryl methyl sites for hydroxylation is 2. The summed E-state index contributed by atoms with van der Waals surface area (Å²) in [5, 5.41) is 0. The van der Waals surface area contributed by atoms with Crippen molar-refractivity contribution in [3.8, 4) is 5.69 Å². The molecule has 0 aliphatic carbocycles. The topological polar surface area (TPSA) is 63.4 Å². The SMILES string of the molecule is Cc1cn(-c2ccc3n(c2=O)CCN(Cc2ccc(C)c(N4CCCCC4)c2)C3=O)cn1. The zero-order valence-electron chi connectivity index (χ0n) is 18.8. The van der Waals surface area contributed by atoms with Crippen molar-refractivity contribution < 1.29 is 4.79 Å². The number of hydrogen-bond donors (Lipinski definition) is 0. The minimum atomic E-state index is -0.157. The van der Waals surface area contributed by atoms with Crippen LogP contribution in [0, 0.1) is 13.8 Å². The smallest absolute Gasteiger partial charge is 0.275 e. The van der Waals surface area contributed by atoms with Crippen LogP contribution in [0.15, 0.2) is 47.7 Å². The third-order valence-corrected chi connectivity index (χ3v) is 6.59. The van der Waals surface area contributed by atoms with E-state index < -0.39 is 0 Å². The van der Waals surface area contributed by atoms with Crippen LogP contribution in [0.1, 0.15) is 46.6 Å². The third-order valence-electron chi connectivity index (χ3n) is 6.59. The lowest BCUT2D eigenvalue weighted by Gasteiger charge is -2.32. The number of nitrogens with zero attached hydrogens (tertiary/aromatic N) is 5. The average molecular weight is 432 g/mol. The van der Waals surface area contributed by atoms with Crippen LogP contribution in [0.25, 0.3) is 5.69 Å². The number of amides is 1. The van der Waals surface area contributed by atoms with E-state index in [1.54, 1.807) is 27.6 Å². The van der Waals surface area contributed by atoms with Gasteiger partial charge in [-0.05, 0) is 62.4 Å². The second-order valence-electron chi connectivity index (χ2n) is 8.88. The molecule has 1 amide bonds. The van der Waals surface area contributed by atoms with E-state index >= 15 is 0 Å². The number of benzene rings is 1. The van der Waals surface area contributed by atoms with Crippen molar-refractivity contribution in [2.75, 3.05) is 24.5 Å². The van der Waals surface area contributed by atoms with E-state index in [-0.39, 0.29) is 11.5 Å². The quantitative estimate of drug-likeness (QED) is 0.636. The molecule has 2 aliphatic heterocycles. The highest BCUT2D eigenvalue weighted by Crippen LogP contribution is 2.26. The molecule has 4 heterocycles. The van der Waals surface area contributed by atoms with Gasteiger partial charge < -0.3 is 18.9 Å². The van der Waals surface area contributed by atoms with E-state index in [1.165, 1.54) is 30.5 Å². The van der Waals surface area contributed by atoms with E-state index in [0.717, 1.165) is 24.3 Å². The normalized spacial score (nSPS) is 16.4. The fourth-order valence-corrected chi connectivity index (χ4v) is 4.81. The largest absolute Gasteiger partial charge is 0.371 e. The van der Waals surface area contributed by atoms with Crippen molar-refractivity contribution in [1.82, 2.24) is 19.0 Å². The van der Waals surface area contributed by atoms with E-state index in [0.29, 0.717) is 31.0 Å². The number of imidazole rings is 1. The Kier molecular flexibility index (Phi) is 5.33. The number of carbonyl (C=O) groups excluding carboxylic acids is 1. The molecule has 32 heavy (non-hydrogen) atoms. The predicted octanol–water partition coefficient (Wildman–Crippen LogP) is 3.30. The number of hydrogen-bond acceptors (Lipinski definition) is 4. The van der Waals surface area contributed by atoms with E-state index in [2.05, 4.69) is 35.0 Å². The summed E-state index contributed by atoms with van der Waals surface area (Å²) in [5.41, 5.74) is 5.34. The number of fused-ring (bicyclic) bond motifs is 1. The van der Waals surface area contributed by atoms with E-state index in [1.807, 2.05) is 18.0 Å². The Bertz CT molecular complexity index is 1220. The Morgan fingerprint density at radius 3 is 2.47 bits per heavy atom. The van der Waals surface area contributed by atoms with E-state index in [4.69, 9.17) is 0 Å². The summed E-state index contributed by atoms with van der Waals surface area (Å²) >= 11 is 0. The molecule has 1 aromatic carbocycles. The first kappa shape index (κ1) is 20.5. The molecule has 2 aromatic heterocycles. The standard InChI is InChI=1S/C25H29N5O2/c1-18-6-7-20(14-23(18)27-10-4-3-5-11-27)16-28-12-13-30-22(24(28)31)9-8-21(25(30)32)29-15-19(2)26-17-29/h6-9,14-15,17H,3-5,10-13,16H2,1-2H3. The molecule has 0 radical (unpaired) electrons. The molecule has 1 fully saturated rings. The predicted molar refractivity (Wildman–Crippen MR) is 125 cm³/mol. The lowest BCUT2D eigenvalue weighted by atomic mass is 10.0. The number of piperidine rings is 1. The van der Waals surface area contributed by atoms with Gasteiger partial charge in [-0.25, -0.2) is 4.98 Å². The van der Waals surface area contributed by atoms with Crippen LogP contribution in [0.3, 0.4) is 0 Å². The molecule has 3 aromatic rings. The molecule has 0 atom stereocenters. The van der Waals surface area contributed by atoms with Crippen LogP contribution in [0.4, 0.5) is 5.69 Å². The van der Waals surface area contributed by atoms with Crippen LogP contribution in [0.2, 0.25) is 0 Å². The molecule has 0 saturated carbocycles. The van der Waals surface area contributed by atoms with Crippen molar-refractivity contribution in [3.05, 3.63) is 75.7 Å². The molecule has 0 spiro atoms. The maximum atomic E-state index is 13.2. The highest BCUT2D eigenvalue weighted by molar-refractivity contribution is 5.93. The van der Waals surface area contributed by atoms with Crippen molar-refractivity contribution in [1.29, 1.82) is 0 Å². The molecule has 7 nitrogen and oxygen atoms in total. The molecule has 0 bridgehead atoms. The summed E-state index contributed by atoms with van der Waals surface area (Å²) in [7, 11) is 0. The Morgan fingerprint density at radius 2 is 1.72 bits per heavy atom. The van der Waals surface area contributed by atoms with Gasteiger partial charge >= 0.3 is 0 Å². The summed E-state index contributed by atoms with van der Waals surface area (Å²) in [6.45, 7) is 7.80. The number of anilines is 1. The molecule has 7 heteroatoms. The molecule has 1 saturated heterocycles. The third kappa shape index (κ3) is 3.72. The van der Waals surface area contributed by atoms with Gasteiger partial charge in [0, 0.05) is 44.6 Å². The first-order valence-corrected chi connectivity index (χ1v) is 11.4. The van der Waals surface area contributed by atoms with Crippen molar-refractivity contribution in [2.45, 2.75) is 46.2 Å². The molecular formula is C25H29N5O2. The van der Waals surface area contributed by atoms with Gasteiger partial charge in [0.15, 0.2) is 0 Å². The Labute approximate surface area is 187 Å². The van der Waals surface area contributed by atoms with Crippen molar-refractivity contribution in [3.63, 3.8) is 0 Å². The Balaban J connectivity index is 1.38. The highest BCUT2D eigenvalue weighted by atomic mass is 16.2. The molecule has 0 unspecified atom stereocenters. The average Bonchev–Trinajstić information content (AvgIpc) is 3.24. The zero-order valence-corrected chi connectivity index (χ0v) is 18.8. The lowest BCUT2D eigenvalue weighted by Crippen LogP contribution is -2.44. The van der Waals surface area contributed by atoms with Gasteiger partial charge in [-0.15, -0.1) is 0 Å². The van der Waals surface area contributed by atoms with Crippen LogP contribution in [0.5, 0.6) is 0 Å². The summed E-state index contributed by atoms with van der Waals surface area (Å²) in [6, 6.07) is 9.99. The Morgan fingerprint density at radius 1 is 0.906 bits per heavy atom. The van der Waals surface area contributed by atoms with Gasteiger partial charge in [0.2, 0.25) is 0 Å². The fraction of sp³-hybridized carbons (Fsp3) is 0.400. The minimum absolute atomic E-state index is 0.0955. The van der Waals surface area contributed by atoms with Gasteiger partial charge in [0.05, 0.1) is 12.0 Å². The van der Waals surface area contributed by atoms with Crippen molar-refractivity contribution >= 4 is 11.6 Å². The maximum absolute atomic E-state index is 13.2. The van der Waals surface area contributed by atoms with Crippen LogP contribution >= 0.6 is 0 Å². The number of aromatic nitrogens is 3. The molecule has 2 aliphatic rings. The van der Waals surface area contributed by atoms with Crippen LogP contribution in [-0.2, 0) is 13.1 Å². The minimum Gasteiger partial charge on any atom is -0.371 e. The molecule has 0 N–H and O–H groups in total. The zero-order chi connectivity index (χ0) is 22.2. The highest BCUT2D eigenvalue weighted by Gasteiger charge is 2.26. The summed E-state index contributed by atoms with van der Waals surface area (Å²) in [5.74, 6) is -0.0955. The molecular weight excluding hydrogens is 402 g/mol. The number of rotatable bonds is 4. The summed E-state index contributed by atoms with van der Waals surface area (Å²) in [6.07, 6.45) is 7.23. The molecule has 5 rings (SSSR count). The fourth-order valence-electron chi connectivity index (χ4n) is 4.81. The number of carbonyl (C=O) groups is 1. The molecule has 166 valence electrons.